The van der Waals surface area contributed by atoms with Gasteiger partial charge in [-0.3, -0.25) is 9.69 Å². The number of carbonyl (C=O) groups excluding carboxylic acids is 1. The van der Waals surface area contributed by atoms with Crippen LogP contribution in [0.5, 0.6) is 0 Å². The second-order valence-electron chi connectivity index (χ2n) is 10.1. The molecule has 0 N–H and O–H groups in total. The first-order valence-electron chi connectivity index (χ1n) is 13.0. The molecule has 1 fully saturated rings. The molecule has 1 atom stereocenters. The van der Waals surface area contributed by atoms with Gasteiger partial charge in [0.05, 0.1) is 11.5 Å². The minimum Gasteiger partial charge on any atom is -0.462 e. The molecule has 3 aromatic carbocycles. The molecule has 1 aliphatic rings. The monoisotopic (exact) mass is 504 g/mol. The van der Waals surface area contributed by atoms with E-state index in [4.69, 9.17) is 16.3 Å². The van der Waals surface area contributed by atoms with Gasteiger partial charge in [0.2, 0.25) is 0 Å². The maximum atomic E-state index is 13.0. The number of anilines is 1. The standard InChI is InChI=1S/C31H37ClN2O2/c1-24(2)36-30(35)31(3,26-10-5-4-6-11-26)18-9-19-33-20-22-34(23-21-33)27-16-14-25(15-17-27)28-12-7-8-13-29(28)32/h4-8,10-17,24H,9,18-23H2,1-3H3. The largest absolute Gasteiger partial charge is 0.462 e. The lowest BCUT2D eigenvalue weighted by Crippen LogP contribution is -2.47. The van der Waals surface area contributed by atoms with Crippen molar-refractivity contribution in [2.24, 2.45) is 0 Å². The summed E-state index contributed by atoms with van der Waals surface area (Å²) >= 11 is 6.37. The maximum absolute atomic E-state index is 13.0. The second-order valence-corrected chi connectivity index (χ2v) is 10.5. The molecule has 0 spiro atoms. The van der Waals surface area contributed by atoms with Crippen LogP contribution in [-0.4, -0.2) is 49.7 Å². The van der Waals surface area contributed by atoms with Gasteiger partial charge in [-0.2, -0.15) is 0 Å². The normalized spacial score (nSPS) is 16.1. The number of benzene rings is 3. The molecule has 0 radical (unpaired) electrons. The zero-order valence-corrected chi connectivity index (χ0v) is 22.4. The Morgan fingerprint density at radius 3 is 2.19 bits per heavy atom. The Morgan fingerprint density at radius 2 is 1.56 bits per heavy atom. The summed E-state index contributed by atoms with van der Waals surface area (Å²) in [5.74, 6) is -0.131. The predicted octanol–water partition coefficient (Wildman–Crippen LogP) is 6.82. The summed E-state index contributed by atoms with van der Waals surface area (Å²) in [7, 11) is 0. The molecule has 0 bridgehead atoms. The third-order valence-electron chi connectivity index (χ3n) is 7.14. The van der Waals surface area contributed by atoms with E-state index < -0.39 is 5.41 Å². The number of hydrogen-bond donors (Lipinski definition) is 0. The topological polar surface area (TPSA) is 32.8 Å². The molecule has 190 valence electrons. The molecule has 1 aliphatic heterocycles. The van der Waals surface area contributed by atoms with Gasteiger partial charge in [-0.15, -0.1) is 0 Å². The molecule has 4 nitrogen and oxygen atoms in total. The lowest BCUT2D eigenvalue weighted by molar-refractivity contribution is -0.154. The van der Waals surface area contributed by atoms with Crippen LogP contribution in [0.25, 0.3) is 11.1 Å². The summed E-state index contributed by atoms with van der Waals surface area (Å²) in [6.07, 6.45) is 1.60. The van der Waals surface area contributed by atoms with Gasteiger partial charge < -0.3 is 9.64 Å². The number of halogens is 1. The SMILES string of the molecule is CC(C)OC(=O)C(C)(CCCN1CCN(c2ccc(-c3ccccc3Cl)cc2)CC1)c1ccccc1. The van der Waals surface area contributed by atoms with Crippen LogP contribution < -0.4 is 4.90 Å². The van der Waals surface area contributed by atoms with E-state index in [1.165, 1.54) is 5.69 Å². The van der Waals surface area contributed by atoms with E-state index in [0.29, 0.717) is 0 Å². The molecule has 4 rings (SSSR count). The first kappa shape index (κ1) is 26.2. The molecule has 0 aliphatic carbocycles. The summed E-state index contributed by atoms with van der Waals surface area (Å²) in [5, 5.41) is 0.777. The van der Waals surface area contributed by atoms with Crippen LogP contribution in [-0.2, 0) is 14.9 Å². The summed E-state index contributed by atoms with van der Waals surface area (Å²) in [4.78, 5) is 18.0. The number of esters is 1. The number of ether oxygens (including phenoxy) is 1. The van der Waals surface area contributed by atoms with Gasteiger partial charge in [-0.25, -0.2) is 0 Å². The van der Waals surface area contributed by atoms with Crippen LogP contribution >= 0.6 is 11.6 Å². The van der Waals surface area contributed by atoms with Crippen molar-refractivity contribution < 1.29 is 9.53 Å². The lowest BCUT2D eigenvalue weighted by Gasteiger charge is -2.37. The molecule has 0 saturated carbocycles. The van der Waals surface area contributed by atoms with Crippen molar-refractivity contribution in [2.45, 2.75) is 45.1 Å². The van der Waals surface area contributed by atoms with Crippen molar-refractivity contribution in [3.05, 3.63) is 89.4 Å². The number of rotatable bonds is 9. The van der Waals surface area contributed by atoms with Crippen molar-refractivity contribution in [1.29, 1.82) is 0 Å². The highest BCUT2D eigenvalue weighted by Crippen LogP contribution is 2.32. The van der Waals surface area contributed by atoms with Gasteiger partial charge in [-0.05, 0) is 69.5 Å². The highest BCUT2D eigenvalue weighted by Gasteiger charge is 2.37. The molecule has 5 heteroatoms. The fraction of sp³-hybridized carbons (Fsp3) is 0.387. The van der Waals surface area contributed by atoms with Crippen molar-refractivity contribution in [1.82, 2.24) is 4.90 Å². The maximum Gasteiger partial charge on any atom is 0.316 e. The van der Waals surface area contributed by atoms with Crippen molar-refractivity contribution >= 4 is 23.3 Å². The van der Waals surface area contributed by atoms with Crippen molar-refractivity contribution in [2.75, 3.05) is 37.6 Å². The summed E-state index contributed by atoms with van der Waals surface area (Å²) < 4.78 is 5.65. The van der Waals surface area contributed by atoms with Crippen molar-refractivity contribution in [3.8, 4) is 11.1 Å². The van der Waals surface area contributed by atoms with Gasteiger partial charge in [0.15, 0.2) is 0 Å². The number of hydrogen-bond acceptors (Lipinski definition) is 4. The van der Waals surface area contributed by atoms with Crippen LogP contribution in [0.4, 0.5) is 5.69 Å². The van der Waals surface area contributed by atoms with Gasteiger partial charge in [0.25, 0.3) is 0 Å². The average molecular weight is 505 g/mol. The first-order valence-corrected chi connectivity index (χ1v) is 13.3. The van der Waals surface area contributed by atoms with Crippen LogP contribution in [0, 0.1) is 0 Å². The molecule has 1 unspecified atom stereocenters. The summed E-state index contributed by atoms with van der Waals surface area (Å²) in [5.41, 5.74) is 3.85. The minimum absolute atomic E-state index is 0.118. The van der Waals surface area contributed by atoms with Crippen molar-refractivity contribution in [3.63, 3.8) is 0 Å². The van der Waals surface area contributed by atoms with E-state index in [9.17, 15) is 4.79 Å². The molecule has 36 heavy (non-hydrogen) atoms. The molecule has 1 heterocycles. The smallest absolute Gasteiger partial charge is 0.316 e. The lowest BCUT2D eigenvalue weighted by atomic mass is 9.78. The third-order valence-corrected chi connectivity index (χ3v) is 7.47. The fourth-order valence-corrected chi connectivity index (χ4v) is 5.19. The van der Waals surface area contributed by atoms with Gasteiger partial charge in [0.1, 0.15) is 0 Å². The van der Waals surface area contributed by atoms with E-state index in [2.05, 4.69) is 40.1 Å². The van der Waals surface area contributed by atoms with E-state index >= 15 is 0 Å². The fourth-order valence-electron chi connectivity index (χ4n) is 4.95. The van der Waals surface area contributed by atoms with E-state index in [1.54, 1.807) is 0 Å². The summed E-state index contributed by atoms with van der Waals surface area (Å²) in [6.45, 7) is 10.9. The highest BCUT2D eigenvalue weighted by atomic mass is 35.5. The van der Waals surface area contributed by atoms with Crippen LogP contribution in [0.1, 0.15) is 39.2 Å². The van der Waals surface area contributed by atoms with Gasteiger partial charge >= 0.3 is 5.97 Å². The molecule has 0 aromatic heterocycles. The number of nitrogens with zero attached hydrogens (tertiary/aromatic N) is 2. The molecule has 3 aromatic rings. The molecular weight excluding hydrogens is 468 g/mol. The zero-order chi connectivity index (χ0) is 25.5. The Hall–Kier alpha value is -2.82. The second kappa shape index (κ2) is 11.9. The third kappa shape index (κ3) is 6.29. The Balaban J connectivity index is 1.30. The number of carbonyl (C=O) groups is 1. The minimum atomic E-state index is -0.628. The Morgan fingerprint density at radius 1 is 0.917 bits per heavy atom. The highest BCUT2D eigenvalue weighted by molar-refractivity contribution is 6.33. The van der Waals surface area contributed by atoms with E-state index in [-0.39, 0.29) is 12.1 Å². The Bertz CT molecular complexity index is 1120. The quantitative estimate of drug-likeness (QED) is 0.299. The molecular formula is C31H37ClN2O2. The van der Waals surface area contributed by atoms with E-state index in [0.717, 1.165) is 67.3 Å². The van der Waals surface area contributed by atoms with Crippen LogP contribution in [0.15, 0.2) is 78.9 Å². The van der Waals surface area contributed by atoms with Crippen LogP contribution in [0.2, 0.25) is 5.02 Å². The van der Waals surface area contributed by atoms with E-state index in [1.807, 2.05) is 69.3 Å². The predicted molar refractivity (Wildman–Crippen MR) is 150 cm³/mol. The average Bonchev–Trinajstić information content (AvgIpc) is 2.89. The zero-order valence-electron chi connectivity index (χ0n) is 21.6. The summed E-state index contributed by atoms with van der Waals surface area (Å²) in [6, 6.07) is 26.7. The number of piperazine rings is 1. The Kier molecular flexibility index (Phi) is 8.71. The van der Waals surface area contributed by atoms with Crippen LogP contribution in [0.3, 0.4) is 0 Å². The van der Waals surface area contributed by atoms with Gasteiger partial charge in [-0.1, -0.05) is 72.3 Å². The van der Waals surface area contributed by atoms with Gasteiger partial charge in [0, 0.05) is 42.5 Å². The molecule has 0 amide bonds. The molecule has 1 saturated heterocycles. The first-order chi connectivity index (χ1) is 17.4. The Labute approximate surface area is 220 Å².